The number of nitrogens with one attached hydrogen (secondary N) is 2. The van der Waals surface area contributed by atoms with Crippen molar-refractivity contribution < 1.29 is 26.8 Å². The van der Waals surface area contributed by atoms with Crippen molar-refractivity contribution in [1.82, 2.24) is 9.62 Å². The van der Waals surface area contributed by atoms with Gasteiger partial charge in [0.25, 0.3) is 0 Å². The molecule has 2 N–H and O–H groups in total. The zero-order valence-corrected chi connectivity index (χ0v) is 19.8. The molecule has 1 aliphatic rings. The van der Waals surface area contributed by atoms with Crippen LogP contribution in [0.3, 0.4) is 0 Å². The molecule has 184 valence electrons. The van der Waals surface area contributed by atoms with Gasteiger partial charge in [0.1, 0.15) is 11.6 Å². The molecular weight excluding hydrogens is 473 g/mol. The Morgan fingerprint density at radius 3 is 2.63 bits per heavy atom. The van der Waals surface area contributed by atoms with Gasteiger partial charge in [0, 0.05) is 18.8 Å². The molecule has 0 spiro atoms. The quantitative estimate of drug-likeness (QED) is 0.494. The third-order valence-electron chi connectivity index (χ3n) is 5.84. The van der Waals surface area contributed by atoms with Crippen molar-refractivity contribution >= 4 is 27.5 Å². The molecule has 8 nitrogen and oxygen atoms in total. The SMILES string of the molecule is O=C(Nc1cccc(S(=O)(=O)NCc2ccco2)c1)C1CCCN(C(=O)Cc2ccc(F)cc2)C1. The van der Waals surface area contributed by atoms with Crippen LogP contribution in [0, 0.1) is 11.7 Å². The molecule has 1 aliphatic heterocycles. The third-order valence-corrected chi connectivity index (χ3v) is 7.24. The molecule has 1 atom stereocenters. The molecule has 1 fully saturated rings. The van der Waals surface area contributed by atoms with E-state index in [0.717, 1.165) is 0 Å². The predicted molar refractivity (Wildman–Crippen MR) is 127 cm³/mol. The molecule has 3 aromatic rings. The average molecular weight is 500 g/mol. The number of likely N-dealkylation sites (tertiary alicyclic amines) is 1. The lowest BCUT2D eigenvalue weighted by Crippen LogP contribution is -2.44. The molecule has 0 bridgehead atoms. The number of halogens is 1. The zero-order valence-electron chi connectivity index (χ0n) is 18.9. The maximum atomic E-state index is 13.1. The molecule has 2 heterocycles. The minimum Gasteiger partial charge on any atom is -0.468 e. The molecule has 1 unspecified atom stereocenters. The highest BCUT2D eigenvalue weighted by atomic mass is 32.2. The molecule has 10 heteroatoms. The standard InChI is InChI=1S/C25H26FN3O5S/c26-20-10-8-18(9-11-20)14-24(30)29-12-2-4-19(17-29)25(31)28-21-5-1-7-23(15-21)35(32,33)27-16-22-6-3-13-34-22/h1,3,5-11,13,15,19,27H,2,4,12,14,16-17H2,(H,28,31). The van der Waals surface area contributed by atoms with Crippen LogP contribution in [0.4, 0.5) is 10.1 Å². The van der Waals surface area contributed by atoms with Crippen molar-refractivity contribution in [2.24, 2.45) is 5.92 Å². The van der Waals surface area contributed by atoms with Crippen LogP contribution in [0.15, 0.2) is 76.2 Å². The minimum absolute atomic E-state index is 0.00970. The molecule has 1 saturated heterocycles. The number of amides is 2. The second-order valence-corrected chi connectivity index (χ2v) is 10.2. The highest BCUT2D eigenvalue weighted by Gasteiger charge is 2.28. The van der Waals surface area contributed by atoms with E-state index < -0.39 is 15.9 Å². The Bertz CT molecular complexity index is 1280. The van der Waals surface area contributed by atoms with Gasteiger partial charge in [-0.15, -0.1) is 0 Å². The van der Waals surface area contributed by atoms with Gasteiger partial charge < -0.3 is 14.6 Å². The minimum atomic E-state index is -3.81. The average Bonchev–Trinajstić information content (AvgIpc) is 3.38. The lowest BCUT2D eigenvalue weighted by Gasteiger charge is -2.32. The number of carbonyl (C=O) groups excluding carboxylic acids is 2. The van der Waals surface area contributed by atoms with Crippen LogP contribution in [-0.4, -0.2) is 38.2 Å². The van der Waals surface area contributed by atoms with E-state index in [1.165, 1.54) is 30.5 Å². The Balaban J connectivity index is 1.35. The number of piperidine rings is 1. The van der Waals surface area contributed by atoms with Gasteiger partial charge in [-0.1, -0.05) is 18.2 Å². The molecule has 0 aliphatic carbocycles. The molecule has 35 heavy (non-hydrogen) atoms. The van der Waals surface area contributed by atoms with Crippen molar-refractivity contribution in [2.75, 3.05) is 18.4 Å². The second kappa shape index (κ2) is 10.8. The van der Waals surface area contributed by atoms with E-state index in [-0.39, 0.29) is 42.0 Å². The monoisotopic (exact) mass is 499 g/mol. The molecule has 2 aromatic carbocycles. The molecule has 0 radical (unpaired) electrons. The van der Waals surface area contributed by atoms with E-state index in [0.29, 0.717) is 36.4 Å². The van der Waals surface area contributed by atoms with Gasteiger partial charge in [-0.3, -0.25) is 9.59 Å². The normalized spacial score (nSPS) is 16.1. The number of anilines is 1. The van der Waals surface area contributed by atoms with Crippen molar-refractivity contribution in [3.05, 3.63) is 84.1 Å². The van der Waals surface area contributed by atoms with Gasteiger partial charge in [-0.2, -0.15) is 0 Å². The van der Waals surface area contributed by atoms with Crippen molar-refractivity contribution in [3.8, 4) is 0 Å². The van der Waals surface area contributed by atoms with Gasteiger partial charge in [0.15, 0.2) is 0 Å². The lowest BCUT2D eigenvalue weighted by molar-refractivity contribution is -0.133. The third kappa shape index (κ3) is 6.55. The van der Waals surface area contributed by atoms with E-state index in [9.17, 15) is 22.4 Å². The Labute approximate surface area is 203 Å². The van der Waals surface area contributed by atoms with E-state index in [4.69, 9.17) is 4.42 Å². The molecule has 2 amide bonds. The van der Waals surface area contributed by atoms with Crippen molar-refractivity contribution in [1.29, 1.82) is 0 Å². The number of furan rings is 1. The van der Waals surface area contributed by atoms with Crippen LogP contribution in [0.2, 0.25) is 0 Å². The van der Waals surface area contributed by atoms with Crippen LogP contribution in [-0.2, 0) is 32.6 Å². The smallest absolute Gasteiger partial charge is 0.241 e. The number of carbonyl (C=O) groups is 2. The largest absolute Gasteiger partial charge is 0.468 e. The van der Waals surface area contributed by atoms with Crippen LogP contribution < -0.4 is 10.0 Å². The lowest BCUT2D eigenvalue weighted by atomic mass is 9.96. The summed E-state index contributed by atoms with van der Waals surface area (Å²) in [6.45, 7) is 0.837. The first kappa shape index (κ1) is 24.6. The highest BCUT2D eigenvalue weighted by molar-refractivity contribution is 7.89. The first-order valence-electron chi connectivity index (χ1n) is 11.3. The number of nitrogens with zero attached hydrogens (tertiary/aromatic N) is 1. The summed E-state index contributed by atoms with van der Waals surface area (Å²) in [6, 6.07) is 15.1. The Kier molecular flexibility index (Phi) is 7.62. The van der Waals surface area contributed by atoms with Crippen LogP contribution in [0.1, 0.15) is 24.2 Å². The Hall–Kier alpha value is -3.50. The fourth-order valence-electron chi connectivity index (χ4n) is 3.95. The molecule has 1 aromatic heterocycles. The number of hydrogen-bond acceptors (Lipinski definition) is 5. The van der Waals surface area contributed by atoms with Gasteiger partial charge in [0.2, 0.25) is 21.8 Å². The maximum absolute atomic E-state index is 13.1. The van der Waals surface area contributed by atoms with Crippen LogP contribution in [0.5, 0.6) is 0 Å². The highest BCUT2D eigenvalue weighted by Crippen LogP contribution is 2.21. The number of sulfonamides is 1. The fourth-order valence-corrected chi connectivity index (χ4v) is 4.99. The number of benzene rings is 2. The van der Waals surface area contributed by atoms with Crippen molar-refractivity contribution in [3.63, 3.8) is 0 Å². The van der Waals surface area contributed by atoms with Crippen molar-refractivity contribution in [2.45, 2.75) is 30.7 Å². The van der Waals surface area contributed by atoms with Gasteiger partial charge in [-0.05, 0) is 60.9 Å². The number of hydrogen-bond donors (Lipinski definition) is 2. The summed E-state index contributed by atoms with van der Waals surface area (Å²) in [7, 11) is -3.81. The summed E-state index contributed by atoms with van der Waals surface area (Å²) in [6.07, 6.45) is 2.90. The summed E-state index contributed by atoms with van der Waals surface area (Å²) < 4.78 is 46.0. The Morgan fingerprint density at radius 1 is 1.09 bits per heavy atom. The summed E-state index contributed by atoms with van der Waals surface area (Å²) in [4.78, 5) is 27.3. The van der Waals surface area contributed by atoms with E-state index in [1.807, 2.05) is 0 Å². The van der Waals surface area contributed by atoms with Gasteiger partial charge >= 0.3 is 0 Å². The molecular formula is C25H26FN3O5S. The van der Waals surface area contributed by atoms with Crippen LogP contribution >= 0.6 is 0 Å². The summed E-state index contributed by atoms with van der Waals surface area (Å²) in [5.41, 5.74) is 1.06. The van der Waals surface area contributed by atoms with Gasteiger partial charge in [0.05, 0.1) is 30.0 Å². The molecule has 0 saturated carbocycles. The fraction of sp³-hybridized carbons (Fsp3) is 0.280. The maximum Gasteiger partial charge on any atom is 0.241 e. The zero-order chi connectivity index (χ0) is 24.8. The molecule has 4 rings (SSSR count). The summed E-state index contributed by atoms with van der Waals surface area (Å²) in [5, 5.41) is 2.78. The van der Waals surface area contributed by atoms with Crippen LogP contribution in [0.25, 0.3) is 0 Å². The predicted octanol–water partition coefficient (Wildman–Crippen LogP) is 3.32. The summed E-state index contributed by atoms with van der Waals surface area (Å²) >= 11 is 0. The van der Waals surface area contributed by atoms with E-state index in [1.54, 1.807) is 41.3 Å². The first-order chi connectivity index (χ1) is 16.8. The van der Waals surface area contributed by atoms with E-state index >= 15 is 0 Å². The first-order valence-corrected chi connectivity index (χ1v) is 12.7. The Morgan fingerprint density at radius 2 is 1.89 bits per heavy atom. The second-order valence-electron chi connectivity index (χ2n) is 8.40. The topological polar surface area (TPSA) is 109 Å². The van der Waals surface area contributed by atoms with E-state index in [2.05, 4.69) is 10.0 Å². The van der Waals surface area contributed by atoms with Gasteiger partial charge in [-0.25, -0.2) is 17.5 Å². The summed E-state index contributed by atoms with van der Waals surface area (Å²) in [5.74, 6) is -0.694. The number of rotatable bonds is 8.